The van der Waals surface area contributed by atoms with Gasteiger partial charge in [-0.25, -0.2) is 14.8 Å². The molecule has 0 radical (unpaired) electrons. The van der Waals surface area contributed by atoms with Crippen LogP contribution in [0, 0.1) is 0 Å². The lowest BCUT2D eigenvalue weighted by atomic mass is 10.0. The van der Waals surface area contributed by atoms with E-state index in [4.69, 9.17) is 5.11 Å². The van der Waals surface area contributed by atoms with Gasteiger partial charge in [0.1, 0.15) is 11.2 Å². The van der Waals surface area contributed by atoms with E-state index in [1.807, 2.05) is 13.8 Å². The highest BCUT2D eigenvalue weighted by Crippen LogP contribution is 2.18. The van der Waals surface area contributed by atoms with Gasteiger partial charge >= 0.3 is 5.97 Å². The van der Waals surface area contributed by atoms with Crippen molar-refractivity contribution in [2.75, 3.05) is 0 Å². The largest absolute Gasteiger partial charge is 0.477 e. The summed E-state index contributed by atoms with van der Waals surface area (Å²) in [5.74, 6) is -1.10. The van der Waals surface area contributed by atoms with Crippen LogP contribution in [0.25, 0.3) is 0 Å². The van der Waals surface area contributed by atoms with E-state index in [-0.39, 0.29) is 23.2 Å². The first-order valence-electron chi connectivity index (χ1n) is 6.39. The number of carbonyl (C=O) groups excluding carboxylic acids is 1. The maximum Gasteiger partial charge on any atom is 0.345 e. The maximum absolute atomic E-state index is 12.2. The molecule has 0 unspecified atom stereocenters. The minimum Gasteiger partial charge on any atom is -0.477 e. The van der Waals surface area contributed by atoms with Crippen molar-refractivity contribution < 1.29 is 14.7 Å². The van der Waals surface area contributed by atoms with Gasteiger partial charge in [0, 0.05) is 11.1 Å². The van der Waals surface area contributed by atoms with Gasteiger partial charge in [0.15, 0.2) is 0 Å². The lowest BCUT2D eigenvalue weighted by molar-refractivity contribution is 0.0702. The summed E-state index contributed by atoms with van der Waals surface area (Å²) < 4.78 is 0. The van der Waals surface area contributed by atoms with E-state index in [0.717, 1.165) is 16.2 Å². The van der Waals surface area contributed by atoms with Crippen LogP contribution in [-0.2, 0) is 6.54 Å². The molecule has 0 saturated heterocycles. The average molecular weight is 305 g/mol. The first-order valence-corrected chi connectivity index (χ1v) is 7.20. The van der Waals surface area contributed by atoms with Crippen molar-refractivity contribution in [3.63, 3.8) is 0 Å². The number of carboxylic acid groups (broad SMARTS) is 1. The van der Waals surface area contributed by atoms with Gasteiger partial charge in [-0.05, 0) is 18.1 Å². The fourth-order valence-electron chi connectivity index (χ4n) is 1.82. The lowest BCUT2D eigenvalue weighted by Gasteiger charge is -2.10. The molecule has 0 aromatic carbocycles. The Hall–Kier alpha value is -2.28. The molecule has 0 aliphatic carbocycles. The Labute approximate surface area is 125 Å². The maximum atomic E-state index is 12.2. The van der Waals surface area contributed by atoms with Gasteiger partial charge in [-0.3, -0.25) is 4.79 Å². The van der Waals surface area contributed by atoms with Crippen molar-refractivity contribution in [3.8, 4) is 0 Å². The second-order valence-corrected chi connectivity index (χ2v) is 5.90. The SMILES string of the molecule is CC(C)c1ncncc1C(=O)NCc1ccc(C(=O)O)s1. The molecular weight excluding hydrogens is 290 g/mol. The number of rotatable bonds is 5. The average Bonchev–Trinajstić information content (AvgIpc) is 2.94. The van der Waals surface area contributed by atoms with Gasteiger partial charge in [-0.1, -0.05) is 13.8 Å². The van der Waals surface area contributed by atoms with Crippen LogP contribution in [0.15, 0.2) is 24.7 Å². The molecule has 0 aliphatic rings. The number of nitrogens with one attached hydrogen (secondary N) is 1. The normalized spacial score (nSPS) is 10.6. The monoisotopic (exact) mass is 305 g/mol. The highest BCUT2D eigenvalue weighted by molar-refractivity contribution is 7.13. The Bertz CT molecular complexity index is 667. The summed E-state index contributed by atoms with van der Waals surface area (Å²) in [6.07, 6.45) is 2.92. The van der Waals surface area contributed by atoms with Crippen LogP contribution in [0.5, 0.6) is 0 Å². The molecule has 0 fully saturated rings. The van der Waals surface area contributed by atoms with Crippen LogP contribution >= 0.6 is 11.3 Å². The number of aromatic nitrogens is 2. The molecule has 2 N–H and O–H groups in total. The van der Waals surface area contributed by atoms with E-state index < -0.39 is 5.97 Å². The Kier molecular flexibility index (Phi) is 4.64. The van der Waals surface area contributed by atoms with E-state index in [1.165, 1.54) is 18.6 Å². The fraction of sp³-hybridized carbons (Fsp3) is 0.286. The first kappa shape index (κ1) is 15.1. The number of carbonyl (C=O) groups is 2. The summed E-state index contributed by atoms with van der Waals surface area (Å²) >= 11 is 1.14. The molecule has 110 valence electrons. The van der Waals surface area contributed by atoms with E-state index in [1.54, 1.807) is 6.07 Å². The molecule has 0 atom stereocenters. The van der Waals surface area contributed by atoms with Crippen LogP contribution in [0.2, 0.25) is 0 Å². The Morgan fingerprint density at radius 2 is 2.14 bits per heavy atom. The van der Waals surface area contributed by atoms with Gasteiger partial charge in [-0.15, -0.1) is 11.3 Å². The molecule has 1 amide bonds. The summed E-state index contributed by atoms with van der Waals surface area (Å²) in [4.78, 5) is 32.0. The third-order valence-electron chi connectivity index (χ3n) is 2.83. The molecule has 2 aromatic heterocycles. The number of amides is 1. The number of thiophene rings is 1. The van der Waals surface area contributed by atoms with Gasteiger partial charge in [0.2, 0.25) is 0 Å². The summed E-state index contributed by atoms with van der Waals surface area (Å²) in [6, 6.07) is 3.22. The Morgan fingerprint density at radius 1 is 1.38 bits per heavy atom. The van der Waals surface area contributed by atoms with Crippen LogP contribution in [0.3, 0.4) is 0 Å². The zero-order valence-electron chi connectivity index (χ0n) is 11.7. The number of aromatic carboxylic acids is 1. The third kappa shape index (κ3) is 3.63. The standard InChI is InChI=1S/C14H15N3O3S/c1-8(2)12-10(6-15-7-17-12)13(18)16-5-9-3-4-11(21-9)14(19)20/h3-4,6-8H,5H2,1-2H3,(H,16,18)(H,19,20). The molecular formula is C14H15N3O3S. The van der Waals surface area contributed by atoms with Crippen LogP contribution in [0.1, 0.15) is 50.4 Å². The lowest BCUT2D eigenvalue weighted by Crippen LogP contribution is -2.24. The second-order valence-electron chi connectivity index (χ2n) is 4.73. The van der Waals surface area contributed by atoms with Crippen molar-refractivity contribution in [1.29, 1.82) is 0 Å². The van der Waals surface area contributed by atoms with Crippen LogP contribution < -0.4 is 5.32 Å². The second kappa shape index (κ2) is 6.45. The highest BCUT2D eigenvalue weighted by atomic mass is 32.1. The zero-order valence-corrected chi connectivity index (χ0v) is 12.5. The van der Waals surface area contributed by atoms with Gasteiger partial charge in [0.05, 0.1) is 17.8 Å². The van der Waals surface area contributed by atoms with Crippen LogP contribution in [0.4, 0.5) is 0 Å². The molecule has 0 bridgehead atoms. The van der Waals surface area contributed by atoms with E-state index >= 15 is 0 Å². The van der Waals surface area contributed by atoms with E-state index in [2.05, 4.69) is 15.3 Å². The number of hydrogen-bond acceptors (Lipinski definition) is 5. The van der Waals surface area contributed by atoms with Gasteiger partial charge < -0.3 is 10.4 Å². The number of nitrogens with zero attached hydrogens (tertiary/aromatic N) is 2. The summed E-state index contributed by atoms with van der Waals surface area (Å²) in [6.45, 7) is 4.19. The summed E-state index contributed by atoms with van der Waals surface area (Å²) in [7, 11) is 0. The van der Waals surface area contributed by atoms with E-state index in [9.17, 15) is 9.59 Å². The van der Waals surface area contributed by atoms with Crippen LogP contribution in [-0.4, -0.2) is 27.0 Å². The van der Waals surface area contributed by atoms with Crippen molar-refractivity contribution >= 4 is 23.2 Å². The summed E-state index contributed by atoms with van der Waals surface area (Å²) in [5, 5.41) is 11.6. The third-order valence-corrected chi connectivity index (χ3v) is 3.90. The molecule has 2 aromatic rings. The van der Waals surface area contributed by atoms with Gasteiger partial charge in [0.25, 0.3) is 5.91 Å². The molecule has 0 spiro atoms. The molecule has 2 rings (SSSR count). The predicted octanol–water partition coefficient (Wildman–Crippen LogP) is 2.29. The topological polar surface area (TPSA) is 92.2 Å². The molecule has 0 saturated carbocycles. The van der Waals surface area contributed by atoms with Crippen molar-refractivity contribution in [1.82, 2.24) is 15.3 Å². The predicted molar refractivity (Wildman–Crippen MR) is 78.6 cm³/mol. The quantitative estimate of drug-likeness (QED) is 0.884. The minimum atomic E-state index is -0.962. The highest BCUT2D eigenvalue weighted by Gasteiger charge is 2.15. The van der Waals surface area contributed by atoms with Crippen molar-refractivity contribution in [2.24, 2.45) is 0 Å². The zero-order chi connectivity index (χ0) is 15.4. The first-order chi connectivity index (χ1) is 9.99. The number of carboxylic acids is 1. The molecule has 0 aliphatic heterocycles. The minimum absolute atomic E-state index is 0.120. The van der Waals surface area contributed by atoms with Crippen molar-refractivity contribution in [3.05, 3.63) is 45.7 Å². The molecule has 7 heteroatoms. The smallest absolute Gasteiger partial charge is 0.345 e. The van der Waals surface area contributed by atoms with E-state index in [0.29, 0.717) is 11.3 Å². The molecule has 2 heterocycles. The summed E-state index contributed by atoms with van der Waals surface area (Å²) in [5.41, 5.74) is 1.14. The molecule has 6 nitrogen and oxygen atoms in total. The fourth-order valence-corrected chi connectivity index (χ4v) is 2.61. The van der Waals surface area contributed by atoms with Crippen molar-refractivity contribution in [2.45, 2.75) is 26.3 Å². The van der Waals surface area contributed by atoms with Gasteiger partial charge in [-0.2, -0.15) is 0 Å². The molecule has 21 heavy (non-hydrogen) atoms. The number of hydrogen-bond donors (Lipinski definition) is 2. The Balaban J connectivity index is 2.06. The Morgan fingerprint density at radius 3 is 2.76 bits per heavy atom.